The van der Waals surface area contributed by atoms with Gasteiger partial charge in [-0.05, 0) is 49.3 Å². The SMILES string of the molecule is [NH]C12CCC(CC1)Cn1c2nc(C(=O)NCc2ccc(F)cc2)c(O)c1=O. The van der Waals surface area contributed by atoms with E-state index < -0.39 is 22.8 Å². The predicted molar refractivity (Wildman–Crippen MR) is 94.5 cm³/mol. The van der Waals surface area contributed by atoms with Gasteiger partial charge >= 0.3 is 0 Å². The molecule has 7 nitrogen and oxygen atoms in total. The summed E-state index contributed by atoms with van der Waals surface area (Å²) < 4.78 is 14.3. The molecule has 1 aromatic carbocycles. The number of amides is 1. The molecule has 3 aliphatic rings. The van der Waals surface area contributed by atoms with Crippen LogP contribution in [0.3, 0.4) is 0 Å². The number of halogens is 1. The van der Waals surface area contributed by atoms with Crippen LogP contribution in [-0.4, -0.2) is 20.6 Å². The Hall–Kier alpha value is -2.74. The fraction of sp³-hybridized carbons (Fsp3) is 0.421. The Labute approximate surface area is 155 Å². The van der Waals surface area contributed by atoms with E-state index in [-0.39, 0.29) is 23.9 Å². The molecular formula is C19H20FN4O3. The number of nitrogens with zero attached hydrogens (tertiary/aromatic N) is 2. The quantitative estimate of drug-likeness (QED) is 0.856. The number of rotatable bonds is 3. The average Bonchev–Trinajstić information content (AvgIpc) is 2.89. The van der Waals surface area contributed by atoms with Crippen LogP contribution >= 0.6 is 0 Å². The van der Waals surface area contributed by atoms with Crippen molar-refractivity contribution in [2.75, 3.05) is 0 Å². The minimum absolute atomic E-state index is 0.104. The maximum atomic E-state index is 13.0. The molecule has 2 aliphatic heterocycles. The van der Waals surface area contributed by atoms with Crippen molar-refractivity contribution in [3.05, 3.63) is 57.5 Å². The molecule has 1 amide bonds. The van der Waals surface area contributed by atoms with Crippen LogP contribution in [0.5, 0.6) is 5.75 Å². The molecule has 3 heterocycles. The summed E-state index contributed by atoms with van der Waals surface area (Å²) in [5.74, 6) is -1.21. The van der Waals surface area contributed by atoms with Crippen LogP contribution in [0.4, 0.5) is 4.39 Å². The van der Waals surface area contributed by atoms with Gasteiger partial charge in [-0.2, -0.15) is 0 Å². The van der Waals surface area contributed by atoms with Gasteiger partial charge in [-0.3, -0.25) is 14.2 Å². The van der Waals surface area contributed by atoms with Gasteiger partial charge in [-0.25, -0.2) is 15.1 Å². The van der Waals surface area contributed by atoms with Gasteiger partial charge in [0.2, 0.25) is 5.75 Å². The van der Waals surface area contributed by atoms with E-state index in [1.54, 1.807) is 0 Å². The highest BCUT2D eigenvalue weighted by Gasteiger charge is 2.42. The number of fused-ring (bicyclic) bond motifs is 2. The van der Waals surface area contributed by atoms with E-state index in [2.05, 4.69) is 10.3 Å². The number of nitrogens with one attached hydrogen (secondary N) is 2. The zero-order valence-electron chi connectivity index (χ0n) is 14.7. The molecule has 27 heavy (non-hydrogen) atoms. The highest BCUT2D eigenvalue weighted by Crippen LogP contribution is 2.42. The van der Waals surface area contributed by atoms with Crippen LogP contribution in [0, 0.1) is 11.7 Å². The molecule has 0 unspecified atom stereocenters. The van der Waals surface area contributed by atoms with Gasteiger partial charge in [0.05, 0.1) is 5.54 Å². The van der Waals surface area contributed by atoms with Crippen LogP contribution in [0.1, 0.15) is 47.6 Å². The van der Waals surface area contributed by atoms with Crippen LogP contribution in [0.2, 0.25) is 0 Å². The second kappa shape index (κ2) is 6.45. The third-order valence-corrected chi connectivity index (χ3v) is 5.55. The molecule has 0 spiro atoms. The van der Waals surface area contributed by atoms with Gasteiger partial charge in [0.1, 0.15) is 11.6 Å². The van der Waals surface area contributed by atoms with Crippen molar-refractivity contribution in [3.8, 4) is 5.75 Å². The van der Waals surface area contributed by atoms with E-state index >= 15 is 0 Å². The second-order valence-corrected chi connectivity index (χ2v) is 7.38. The van der Waals surface area contributed by atoms with Crippen LogP contribution in [0.15, 0.2) is 29.1 Å². The molecule has 1 radical (unpaired) electrons. The van der Waals surface area contributed by atoms with Crippen molar-refractivity contribution in [3.63, 3.8) is 0 Å². The summed E-state index contributed by atoms with van der Waals surface area (Å²) in [5.41, 5.74) is 7.36. The van der Waals surface area contributed by atoms with E-state index in [1.807, 2.05) is 0 Å². The van der Waals surface area contributed by atoms with E-state index in [1.165, 1.54) is 28.8 Å². The summed E-state index contributed by atoms with van der Waals surface area (Å²) in [6.45, 7) is 0.527. The lowest BCUT2D eigenvalue weighted by Crippen LogP contribution is -2.38. The Kier molecular flexibility index (Phi) is 4.22. The molecule has 1 aromatic heterocycles. The Bertz CT molecular complexity index is 947. The van der Waals surface area contributed by atoms with Crippen molar-refractivity contribution in [1.82, 2.24) is 20.6 Å². The molecule has 1 aliphatic carbocycles. The highest BCUT2D eigenvalue weighted by molar-refractivity contribution is 5.94. The lowest BCUT2D eigenvalue weighted by molar-refractivity contribution is 0.0941. The first-order valence-electron chi connectivity index (χ1n) is 8.99. The van der Waals surface area contributed by atoms with E-state index in [9.17, 15) is 19.1 Å². The van der Waals surface area contributed by atoms with Crippen molar-refractivity contribution in [1.29, 1.82) is 0 Å². The summed E-state index contributed by atoms with van der Waals surface area (Å²) in [4.78, 5) is 29.4. The minimum Gasteiger partial charge on any atom is -0.501 e. The van der Waals surface area contributed by atoms with Gasteiger partial charge in [-0.1, -0.05) is 12.1 Å². The largest absolute Gasteiger partial charge is 0.501 e. The third-order valence-electron chi connectivity index (χ3n) is 5.55. The number of hydrogen-bond acceptors (Lipinski definition) is 4. The molecular weight excluding hydrogens is 351 g/mol. The van der Waals surface area contributed by atoms with Crippen LogP contribution in [-0.2, 0) is 18.6 Å². The number of benzene rings is 1. The standard InChI is InChI=1S/C19H20FN4O3/c20-13-3-1-11(2-4-13)9-22-16(26)14-15(25)17(27)24-10-12-5-7-19(21,8-6-12)18(24)23-14/h1-4,12,21,25H,5-10H2,(H,22,26). The van der Waals surface area contributed by atoms with Crippen LogP contribution < -0.4 is 16.6 Å². The fourth-order valence-corrected chi connectivity index (χ4v) is 3.94. The fourth-order valence-electron chi connectivity index (χ4n) is 3.94. The molecule has 2 bridgehead atoms. The Balaban J connectivity index is 1.65. The average molecular weight is 371 g/mol. The summed E-state index contributed by atoms with van der Waals surface area (Å²) in [6, 6.07) is 5.64. The minimum atomic E-state index is -1.01. The smallest absolute Gasteiger partial charge is 0.296 e. The first-order valence-corrected chi connectivity index (χ1v) is 8.99. The molecule has 8 heteroatoms. The maximum absolute atomic E-state index is 13.0. The zero-order chi connectivity index (χ0) is 19.2. The summed E-state index contributed by atoms with van der Waals surface area (Å²) in [6.07, 6.45) is 2.84. The highest BCUT2D eigenvalue weighted by atomic mass is 19.1. The van der Waals surface area contributed by atoms with E-state index in [0.29, 0.717) is 30.9 Å². The summed E-state index contributed by atoms with van der Waals surface area (Å²) in [7, 11) is 0. The molecule has 5 rings (SSSR count). The number of aromatic hydroxyl groups is 1. The van der Waals surface area contributed by atoms with E-state index in [4.69, 9.17) is 5.73 Å². The van der Waals surface area contributed by atoms with Crippen LogP contribution in [0.25, 0.3) is 0 Å². The number of aromatic nitrogens is 2. The summed E-state index contributed by atoms with van der Waals surface area (Å²) in [5, 5.41) is 12.8. The van der Waals surface area contributed by atoms with Gasteiger partial charge < -0.3 is 10.4 Å². The first-order chi connectivity index (χ1) is 12.9. The topological polar surface area (TPSA) is 108 Å². The van der Waals surface area contributed by atoms with Gasteiger partial charge in [-0.15, -0.1) is 0 Å². The number of carbonyl (C=O) groups is 1. The maximum Gasteiger partial charge on any atom is 0.296 e. The Morgan fingerprint density at radius 2 is 2.00 bits per heavy atom. The van der Waals surface area contributed by atoms with Gasteiger partial charge in [0, 0.05) is 13.1 Å². The van der Waals surface area contributed by atoms with E-state index in [0.717, 1.165) is 12.8 Å². The zero-order valence-corrected chi connectivity index (χ0v) is 14.7. The Morgan fingerprint density at radius 1 is 1.33 bits per heavy atom. The summed E-state index contributed by atoms with van der Waals surface area (Å²) >= 11 is 0. The third kappa shape index (κ3) is 3.10. The predicted octanol–water partition coefficient (Wildman–Crippen LogP) is 1.70. The second-order valence-electron chi connectivity index (χ2n) is 7.38. The van der Waals surface area contributed by atoms with Gasteiger partial charge in [0.15, 0.2) is 5.69 Å². The molecule has 2 aromatic rings. The van der Waals surface area contributed by atoms with Crippen molar-refractivity contribution in [2.24, 2.45) is 5.92 Å². The van der Waals surface area contributed by atoms with Gasteiger partial charge in [0.25, 0.3) is 11.5 Å². The Morgan fingerprint density at radius 3 is 2.67 bits per heavy atom. The normalized spacial score (nSPS) is 23.6. The number of carbonyl (C=O) groups excluding carboxylic acids is 1. The molecule has 0 saturated heterocycles. The lowest BCUT2D eigenvalue weighted by Gasteiger charge is -2.31. The molecule has 1 fully saturated rings. The lowest BCUT2D eigenvalue weighted by atomic mass is 9.78. The number of hydrogen-bond donors (Lipinski definition) is 2. The molecule has 1 saturated carbocycles. The molecule has 141 valence electrons. The van der Waals surface area contributed by atoms with Crippen molar-refractivity contribution >= 4 is 5.91 Å². The molecule has 3 N–H and O–H groups in total. The monoisotopic (exact) mass is 371 g/mol. The van der Waals surface area contributed by atoms with Crippen molar-refractivity contribution < 1.29 is 14.3 Å². The molecule has 0 atom stereocenters. The first kappa shape index (κ1) is 17.7. The van der Waals surface area contributed by atoms with Crippen molar-refractivity contribution in [2.45, 2.75) is 44.3 Å².